The minimum Gasteiger partial charge on any atom is -0.490 e. The number of imidazole rings is 1. The van der Waals surface area contributed by atoms with Gasteiger partial charge in [0.1, 0.15) is 16.4 Å². The zero-order valence-corrected chi connectivity index (χ0v) is 16.2. The van der Waals surface area contributed by atoms with Crippen LogP contribution in [0.5, 0.6) is 11.5 Å². The van der Waals surface area contributed by atoms with Gasteiger partial charge in [-0.25, -0.2) is 9.78 Å². The Labute approximate surface area is 161 Å². The molecule has 0 bridgehead atoms. The molecule has 2 N–H and O–H groups in total. The van der Waals surface area contributed by atoms with Crippen LogP contribution in [0.15, 0.2) is 47.4 Å². The van der Waals surface area contributed by atoms with E-state index in [0.717, 1.165) is 0 Å². The average Bonchev–Trinajstić information content (AvgIpc) is 3.02. The Bertz CT molecular complexity index is 1110. The van der Waals surface area contributed by atoms with E-state index in [1.165, 1.54) is 25.3 Å². The van der Waals surface area contributed by atoms with E-state index in [1.807, 2.05) is 0 Å². The van der Waals surface area contributed by atoms with E-state index in [2.05, 4.69) is 20.0 Å². The van der Waals surface area contributed by atoms with Crippen molar-refractivity contribution in [1.82, 2.24) is 9.97 Å². The topological polar surface area (TPSA) is 120 Å². The molecule has 1 aromatic heterocycles. The molecule has 0 fully saturated rings. The number of carbonyl (C=O) groups is 1. The van der Waals surface area contributed by atoms with Gasteiger partial charge in [-0.2, -0.15) is 8.42 Å². The third-order valence-electron chi connectivity index (χ3n) is 3.55. The van der Waals surface area contributed by atoms with E-state index < -0.39 is 16.2 Å². The molecule has 0 aliphatic carbocycles. The van der Waals surface area contributed by atoms with Gasteiger partial charge in [0.25, 0.3) is 0 Å². The highest BCUT2D eigenvalue weighted by atomic mass is 32.2. The number of aromatic nitrogens is 2. The van der Waals surface area contributed by atoms with Crippen molar-refractivity contribution in [3.8, 4) is 11.5 Å². The molecule has 0 unspecified atom stereocenters. The number of methoxy groups -OCH3 is 1. The predicted molar refractivity (Wildman–Crippen MR) is 102 cm³/mol. The number of fused-ring (bicyclic) bond motifs is 1. The second-order valence-electron chi connectivity index (χ2n) is 6.03. The number of rotatable bonds is 6. The van der Waals surface area contributed by atoms with Crippen molar-refractivity contribution >= 4 is 33.2 Å². The van der Waals surface area contributed by atoms with Crippen molar-refractivity contribution in [3.05, 3.63) is 42.5 Å². The highest BCUT2D eigenvalue weighted by Gasteiger charge is 2.22. The molecule has 2 aromatic carbocycles. The average molecular weight is 405 g/mol. The summed E-state index contributed by atoms with van der Waals surface area (Å²) in [6.07, 6.45) is -0.877. The van der Waals surface area contributed by atoms with Crippen LogP contribution in [0, 0.1) is 0 Å². The first-order chi connectivity index (χ1) is 13.3. The lowest BCUT2D eigenvalue weighted by Gasteiger charge is -2.14. The molecule has 0 atom stereocenters. The Morgan fingerprint density at radius 1 is 1.18 bits per heavy atom. The lowest BCUT2D eigenvalue weighted by molar-refractivity contribution is 0.186. The second kappa shape index (κ2) is 7.77. The maximum Gasteiger partial charge on any atom is 0.413 e. The van der Waals surface area contributed by atoms with Gasteiger partial charge in [-0.1, -0.05) is 12.1 Å². The molecule has 28 heavy (non-hydrogen) atoms. The molecule has 10 heteroatoms. The summed E-state index contributed by atoms with van der Waals surface area (Å²) in [6.45, 7) is 3.60. The zero-order valence-electron chi connectivity index (χ0n) is 15.4. The monoisotopic (exact) mass is 405 g/mol. The van der Waals surface area contributed by atoms with Gasteiger partial charge in [0, 0.05) is 6.07 Å². The number of ether oxygens (including phenoxy) is 2. The van der Waals surface area contributed by atoms with Crippen molar-refractivity contribution in [2.45, 2.75) is 24.8 Å². The van der Waals surface area contributed by atoms with E-state index in [0.29, 0.717) is 11.0 Å². The summed E-state index contributed by atoms with van der Waals surface area (Å²) < 4.78 is 40.8. The number of nitrogens with zero attached hydrogens (tertiary/aromatic N) is 1. The molecule has 0 saturated carbocycles. The number of hydrogen-bond acceptors (Lipinski definition) is 7. The number of amides is 1. The normalized spacial score (nSPS) is 11.4. The lowest BCUT2D eigenvalue weighted by atomic mass is 10.3. The smallest absolute Gasteiger partial charge is 0.413 e. The molecular weight excluding hydrogens is 386 g/mol. The molecular formula is C18H19N3O6S. The fourth-order valence-electron chi connectivity index (χ4n) is 2.43. The Hall–Kier alpha value is -3.27. The maximum atomic E-state index is 12.7. The summed E-state index contributed by atoms with van der Waals surface area (Å²) in [5.74, 6) is 0.460. The molecule has 1 heterocycles. The van der Waals surface area contributed by atoms with Gasteiger partial charge in [-0.05, 0) is 38.1 Å². The summed E-state index contributed by atoms with van der Waals surface area (Å²) in [5.41, 5.74) is 0.991. The van der Waals surface area contributed by atoms with E-state index in [-0.39, 0.29) is 28.4 Å². The molecule has 148 valence electrons. The standard InChI is InChI=1S/C18H19N3O6S/c1-11(2)26-15-6-4-5-7-16(15)28(23,24)27-12-8-9-13-14(10-12)20-17(19-13)21-18(22)25-3/h4-11H,1-3H3,(H2,19,20,21,22). The van der Waals surface area contributed by atoms with Crippen molar-refractivity contribution in [2.24, 2.45) is 0 Å². The number of nitrogens with one attached hydrogen (secondary N) is 2. The number of H-pyrrole nitrogens is 1. The minimum absolute atomic E-state index is 0.0681. The van der Waals surface area contributed by atoms with Crippen molar-refractivity contribution in [3.63, 3.8) is 0 Å². The summed E-state index contributed by atoms with van der Waals surface area (Å²) in [6, 6.07) is 10.8. The van der Waals surface area contributed by atoms with E-state index in [1.54, 1.807) is 38.1 Å². The molecule has 1 amide bonds. The largest absolute Gasteiger partial charge is 0.490 e. The molecule has 0 saturated heterocycles. The predicted octanol–water partition coefficient (Wildman–Crippen LogP) is 3.30. The molecule has 0 aliphatic heterocycles. The summed E-state index contributed by atoms with van der Waals surface area (Å²) in [7, 11) is -2.89. The van der Waals surface area contributed by atoms with Crippen LogP contribution < -0.4 is 14.2 Å². The van der Waals surface area contributed by atoms with Gasteiger partial charge in [0.2, 0.25) is 5.95 Å². The van der Waals surface area contributed by atoms with Crippen LogP contribution >= 0.6 is 0 Å². The summed E-state index contributed by atoms with van der Waals surface area (Å²) >= 11 is 0. The third kappa shape index (κ3) is 4.34. The highest BCUT2D eigenvalue weighted by Crippen LogP contribution is 2.29. The summed E-state index contributed by atoms with van der Waals surface area (Å²) in [4.78, 5) is 18.2. The minimum atomic E-state index is -4.12. The summed E-state index contributed by atoms with van der Waals surface area (Å²) in [5, 5.41) is 2.40. The van der Waals surface area contributed by atoms with Crippen molar-refractivity contribution < 1.29 is 26.9 Å². The van der Waals surface area contributed by atoms with Gasteiger partial charge in [-0.15, -0.1) is 0 Å². The first-order valence-electron chi connectivity index (χ1n) is 8.33. The van der Waals surface area contributed by atoms with Crippen molar-refractivity contribution in [2.75, 3.05) is 12.4 Å². The van der Waals surface area contributed by atoms with E-state index in [9.17, 15) is 13.2 Å². The maximum absolute atomic E-state index is 12.7. The fraction of sp³-hybridized carbons (Fsp3) is 0.222. The Balaban J connectivity index is 1.88. The number of para-hydroxylation sites is 1. The first kappa shape index (κ1) is 19.5. The molecule has 0 radical (unpaired) electrons. The number of aromatic amines is 1. The first-order valence-corrected chi connectivity index (χ1v) is 9.74. The van der Waals surface area contributed by atoms with Crippen LogP contribution in [0.25, 0.3) is 11.0 Å². The molecule has 3 aromatic rings. The third-order valence-corrected chi connectivity index (χ3v) is 4.83. The quantitative estimate of drug-likeness (QED) is 0.604. The number of benzene rings is 2. The zero-order chi connectivity index (χ0) is 20.3. The van der Waals surface area contributed by atoms with Gasteiger partial charge in [-0.3, -0.25) is 5.32 Å². The molecule has 0 aliphatic rings. The number of carbonyl (C=O) groups excluding carboxylic acids is 1. The second-order valence-corrected chi connectivity index (χ2v) is 7.55. The fourth-order valence-corrected chi connectivity index (χ4v) is 3.48. The van der Waals surface area contributed by atoms with Crippen molar-refractivity contribution in [1.29, 1.82) is 0 Å². The lowest BCUT2D eigenvalue weighted by Crippen LogP contribution is -2.14. The Morgan fingerprint density at radius 3 is 2.64 bits per heavy atom. The van der Waals surface area contributed by atoms with Crippen LogP contribution in [0.3, 0.4) is 0 Å². The van der Waals surface area contributed by atoms with Gasteiger partial charge in [0.05, 0.1) is 24.2 Å². The van der Waals surface area contributed by atoms with Gasteiger partial charge >= 0.3 is 16.2 Å². The Morgan fingerprint density at radius 2 is 1.93 bits per heavy atom. The van der Waals surface area contributed by atoms with E-state index in [4.69, 9.17) is 8.92 Å². The van der Waals surface area contributed by atoms with Gasteiger partial charge in [0.15, 0.2) is 0 Å². The number of anilines is 1. The van der Waals surface area contributed by atoms with Gasteiger partial charge < -0.3 is 18.6 Å². The molecule has 3 rings (SSSR count). The highest BCUT2D eigenvalue weighted by molar-refractivity contribution is 7.87. The van der Waals surface area contributed by atoms with Crippen LogP contribution in [-0.4, -0.2) is 37.7 Å². The molecule has 0 spiro atoms. The van der Waals surface area contributed by atoms with Crippen LogP contribution in [0.1, 0.15) is 13.8 Å². The SMILES string of the molecule is COC(=O)Nc1nc2ccc(OS(=O)(=O)c3ccccc3OC(C)C)cc2[nH]1. The molecule has 9 nitrogen and oxygen atoms in total. The van der Waals surface area contributed by atoms with Crippen LogP contribution in [0.4, 0.5) is 10.7 Å². The number of hydrogen-bond donors (Lipinski definition) is 2. The Kier molecular flexibility index (Phi) is 5.41. The van der Waals surface area contributed by atoms with E-state index >= 15 is 0 Å². The van der Waals surface area contributed by atoms with Crippen LogP contribution in [-0.2, 0) is 14.9 Å². The van der Waals surface area contributed by atoms with Crippen LogP contribution in [0.2, 0.25) is 0 Å².